The molecule has 0 aromatic heterocycles. The number of hydrogen-bond acceptors (Lipinski definition) is 5. The van der Waals surface area contributed by atoms with Crippen molar-refractivity contribution in [1.29, 1.82) is 0 Å². The molecular weight excluding hydrogens is 552 g/mol. The lowest BCUT2D eigenvalue weighted by Gasteiger charge is -2.27. The van der Waals surface area contributed by atoms with Crippen molar-refractivity contribution in [3.63, 3.8) is 0 Å². The number of halogens is 1. The molecule has 3 aromatic carbocycles. The van der Waals surface area contributed by atoms with E-state index in [9.17, 15) is 14.7 Å². The van der Waals surface area contributed by atoms with Crippen molar-refractivity contribution >= 4 is 29.2 Å². The summed E-state index contributed by atoms with van der Waals surface area (Å²) in [6.45, 7) is 8.78. The van der Waals surface area contributed by atoms with Crippen molar-refractivity contribution in [1.82, 2.24) is 4.90 Å². The fourth-order valence-corrected chi connectivity index (χ4v) is 6.88. The van der Waals surface area contributed by atoms with E-state index < -0.39 is 17.9 Å². The van der Waals surface area contributed by atoms with E-state index in [1.165, 1.54) is 5.56 Å². The number of rotatable bonds is 10. The molecular formula is C34H39ClN2O5. The molecule has 222 valence electrons. The maximum Gasteiger partial charge on any atom is 0.309 e. The molecule has 8 heteroatoms. The fourth-order valence-electron chi connectivity index (χ4n) is 6.61. The lowest BCUT2D eigenvalue weighted by atomic mass is 9.81. The van der Waals surface area contributed by atoms with E-state index >= 15 is 0 Å². The maximum atomic E-state index is 13.7. The minimum atomic E-state index is -0.887. The number of hydrogen-bond donors (Lipinski definition) is 2. The first-order valence-corrected chi connectivity index (χ1v) is 15.2. The van der Waals surface area contributed by atoms with Gasteiger partial charge in [0.2, 0.25) is 12.7 Å². The molecule has 0 spiro atoms. The maximum absolute atomic E-state index is 13.7. The number of benzene rings is 3. The van der Waals surface area contributed by atoms with Crippen LogP contribution in [0, 0.1) is 12.8 Å². The van der Waals surface area contributed by atoms with Crippen LogP contribution < -0.4 is 14.8 Å². The molecule has 2 heterocycles. The molecule has 3 aromatic rings. The van der Waals surface area contributed by atoms with Gasteiger partial charge in [-0.25, -0.2) is 0 Å². The molecule has 1 amide bonds. The molecule has 42 heavy (non-hydrogen) atoms. The SMILES string of the molecule is CCCc1ccc([C@H]2C(C(=O)O)[C@@H](c3ccc4c(c3C)OCO4)CN2CC(=O)Nc2c(CC)cc(Cl)cc2CC)cc1. The molecule has 1 saturated heterocycles. The van der Waals surface area contributed by atoms with E-state index in [0.717, 1.165) is 59.2 Å². The highest BCUT2D eigenvalue weighted by atomic mass is 35.5. The molecule has 1 unspecified atom stereocenters. The molecule has 2 aliphatic heterocycles. The molecule has 1 fully saturated rings. The number of likely N-dealkylation sites (tertiary alicyclic amines) is 1. The quantitative estimate of drug-likeness (QED) is 0.266. The van der Waals surface area contributed by atoms with Gasteiger partial charge in [0.25, 0.3) is 0 Å². The Morgan fingerprint density at radius 3 is 2.33 bits per heavy atom. The summed E-state index contributed by atoms with van der Waals surface area (Å²) < 4.78 is 11.3. The molecule has 0 aliphatic carbocycles. The van der Waals surface area contributed by atoms with E-state index in [2.05, 4.69) is 24.4 Å². The van der Waals surface area contributed by atoms with Gasteiger partial charge in [-0.3, -0.25) is 14.5 Å². The predicted octanol–water partition coefficient (Wildman–Crippen LogP) is 6.93. The number of aryl methyl sites for hydroxylation is 3. The number of carboxylic acid groups (broad SMARTS) is 1. The van der Waals surface area contributed by atoms with Gasteiger partial charge in [-0.15, -0.1) is 0 Å². The van der Waals surface area contributed by atoms with Crippen molar-refractivity contribution in [2.45, 2.75) is 65.3 Å². The molecule has 2 N–H and O–H groups in total. The molecule has 0 saturated carbocycles. The van der Waals surface area contributed by atoms with Gasteiger partial charge >= 0.3 is 5.97 Å². The summed E-state index contributed by atoms with van der Waals surface area (Å²) in [5.74, 6) is -0.847. The summed E-state index contributed by atoms with van der Waals surface area (Å²) in [6.07, 6.45) is 3.44. The zero-order valence-electron chi connectivity index (χ0n) is 24.7. The van der Waals surface area contributed by atoms with Crippen molar-refractivity contribution < 1.29 is 24.2 Å². The number of ether oxygens (including phenoxy) is 2. The van der Waals surface area contributed by atoms with E-state index in [1.54, 1.807) is 0 Å². The number of amides is 1. The summed E-state index contributed by atoms with van der Waals surface area (Å²) in [7, 11) is 0. The Labute approximate surface area is 252 Å². The van der Waals surface area contributed by atoms with Crippen LogP contribution in [-0.2, 0) is 28.9 Å². The van der Waals surface area contributed by atoms with Gasteiger partial charge in [0.05, 0.1) is 12.5 Å². The van der Waals surface area contributed by atoms with Gasteiger partial charge in [0.1, 0.15) is 0 Å². The second-order valence-corrected chi connectivity index (χ2v) is 11.6. The summed E-state index contributed by atoms with van der Waals surface area (Å²) in [6, 6.07) is 15.3. The first-order valence-electron chi connectivity index (χ1n) is 14.8. The van der Waals surface area contributed by atoms with Crippen LogP contribution in [0.5, 0.6) is 11.5 Å². The average molecular weight is 591 g/mol. The standard InChI is InChI=1S/C34H39ClN2O5/c1-5-8-21-9-11-24(12-10-21)32-30(34(39)40)27(26-13-14-28-33(20(26)4)42-19-41-28)17-37(32)18-29(38)36-31-22(6-2)15-25(35)16-23(31)7-3/h9-16,27,30,32H,5-8,17-19H2,1-4H3,(H,36,38)(H,39,40)/t27-,30?,32+/m1/s1. The lowest BCUT2D eigenvalue weighted by Crippen LogP contribution is -2.35. The van der Waals surface area contributed by atoms with Crippen LogP contribution in [0.4, 0.5) is 5.69 Å². The Balaban J connectivity index is 1.51. The third kappa shape index (κ3) is 5.86. The van der Waals surface area contributed by atoms with E-state index in [-0.39, 0.29) is 25.2 Å². The monoisotopic (exact) mass is 590 g/mol. The van der Waals surface area contributed by atoms with Crippen LogP contribution >= 0.6 is 11.6 Å². The second-order valence-electron chi connectivity index (χ2n) is 11.2. The van der Waals surface area contributed by atoms with Crippen LogP contribution in [0.1, 0.15) is 72.5 Å². The van der Waals surface area contributed by atoms with Gasteiger partial charge in [0.15, 0.2) is 11.5 Å². The third-order valence-corrected chi connectivity index (χ3v) is 8.83. The Kier molecular flexibility index (Phi) is 9.09. The molecule has 7 nitrogen and oxygen atoms in total. The average Bonchev–Trinajstić information content (AvgIpc) is 3.60. The number of fused-ring (bicyclic) bond motifs is 1. The Morgan fingerprint density at radius 2 is 1.71 bits per heavy atom. The van der Waals surface area contributed by atoms with Crippen LogP contribution in [0.2, 0.25) is 5.02 Å². The summed E-state index contributed by atoms with van der Waals surface area (Å²) in [5.41, 5.74) is 6.65. The zero-order chi connectivity index (χ0) is 30.0. The van der Waals surface area contributed by atoms with Crippen LogP contribution in [0.3, 0.4) is 0 Å². The highest BCUT2D eigenvalue weighted by molar-refractivity contribution is 6.30. The van der Waals surface area contributed by atoms with Crippen molar-refractivity contribution in [2.24, 2.45) is 5.92 Å². The number of nitrogens with zero attached hydrogens (tertiary/aromatic N) is 1. The van der Waals surface area contributed by atoms with Crippen LogP contribution in [-0.4, -0.2) is 41.8 Å². The summed E-state index contributed by atoms with van der Waals surface area (Å²) in [4.78, 5) is 28.7. The Bertz CT molecular complexity index is 1450. The first kappa shape index (κ1) is 29.9. The number of aliphatic carboxylic acids is 1. The minimum absolute atomic E-state index is 0.0557. The lowest BCUT2D eigenvalue weighted by molar-refractivity contribution is -0.143. The van der Waals surface area contributed by atoms with Gasteiger partial charge in [-0.05, 0) is 77.8 Å². The molecule has 5 rings (SSSR count). The number of carbonyl (C=O) groups excluding carboxylic acids is 1. The molecule has 2 aliphatic rings. The van der Waals surface area contributed by atoms with Gasteiger partial charge in [-0.1, -0.05) is 69.1 Å². The van der Waals surface area contributed by atoms with Crippen molar-refractivity contribution in [3.05, 3.63) is 86.9 Å². The topological polar surface area (TPSA) is 88.1 Å². The van der Waals surface area contributed by atoms with Crippen LogP contribution in [0.15, 0.2) is 48.5 Å². The molecule has 0 bridgehead atoms. The molecule has 3 atom stereocenters. The number of nitrogens with one attached hydrogen (secondary N) is 1. The highest BCUT2D eigenvalue weighted by Crippen LogP contribution is 2.49. The van der Waals surface area contributed by atoms with Crippen LogP contribution in [0.25, 0.3) is 0 Å². The number of anilines is 1. The summed E-state index contributed by atoms with van der Waals surface area (Å²) >= 11 is 6.35. The highest BCUT2D eigenvalue weighted by Gasteiger charge is 2.48. The Morgan fingerprint density at radius 1 is 1.02 bits per heavy atom. The number of carboxylic acids is 1. The van der Waals surface area contributed by atoms with E-state index in [1.807, 2.05) is 62.1 Å². The largest absolute Gasteiger partial charge is 0.481 e. The zero-order valence-corrected chi connectivity index (χ0v) is 25.5. The molecule has 0 radical (unpaired) electrons. The normalized spacial score (nSPS) is 19.7. The third-order valence-electron chi connectivity index (χ3n) is 8.61. The minimum Gasteiger partial charge on any atom is -0.481 e. The second kappa shape index (κ2) is 12.8. The van der Waals surface area contributed by atoms with Crippen molar-refractivity contribution in [2.75, 3.05) is 25.2 Å². The van der Waals surface area contributed by atoms with E-state index in [4.69, 9.17) is 21.1 Å². The van der Waals surface area contributed by atoms with Gasteiger partial charge in [0, 0.05) is 29.2 Å². The first-order chi connectivity index (χ1) is 20.2. The fraction of sp³-hybridized carbons (Fsp3) is 0.412. The number of carbonyl (C=O) groups is 2. The van der Waals surface area contributed by atoms with Crippen molar-refractivity contribution in [3.8, 4) is 11.5 Å². The van der Waals surface area contributed by atoms with E-state index in [0.29, 0.717) is 23.1 Å². The summed E-state index contributed by atoms with van der Waals surface area (Å²) in [5, 5.41) is 14.5. The predicted molar refractivity (Wildman–Crippen MR) is 165 cm³/mol. The van der Waals surface area contributed by atoms with Gasteiger partial charge in [-0.2, -0.15) is 0 Å². The smallest absolute Gasteiger partial charge is 0.309 e. The Hall–Kier alpha value is -3.55. The van der Waals surface area contributed by atoms with Gasteiger partial charge < -0.3 is 19.9 Å².